The van der Waals surface area contributed by atoms with Crippen LogP contribution in [0, 0.1) is 12.3 Å². The molecule has 1 aliphatic rings. The van der Waals surface area contributed by atoms with Crippen LogP contribution in [-0.2, 0) is 19.6 Å². The van der Waals surface area contributed by atoms with E-state index in [1.54, 1.807) is 0 Å². The van der Waals surface area contributed by atoms with Gasteiger partial charge in [0.2, 0.25) is 10.0 Å². The van der Waals surface area contributed by atoms with Crippen molar-refractivity contribution in [2.24, 2.45) is 0 Å². The zero-order valence-corrected chi connectivity index (χ0v) is 14.5. The van der Waals surface area contributed by atoms with Crippen molar-refractivity contribution in [2.75, 3.05) is 26.2 Å². The molecule has 1 fully saturated rings. The molecule has 2 rings (SSSR count). The smallest absolute Gasteiger partial charge is 0.338 e. The third kappa shape index (κ3) is 5.05. The Labute approximate surface area is 147 Å². The number of nitrogens with zero attached hydrogens (tertiary/aromatic N) is 1. The molecule has 0 radical (unpaired) electrons. The van der Waals surface area contributed by atoms with Crippen LogP contribution in [0.2, 0.25) is 0 Å². The Morgan fingerprint density at radius 2 is 1.80 bits per heavy atom. The summed E-state index contributed by atoms with van der Waals surface area (Å²) < 4.78 is 31.4. The van der Waals surface area contributed by atoms with Crippen molar-refractivity contribution in [3.05, 3.63) is 29.8 Å². The summed E-state index contributed by atoms with van der Waals surface area (Å²) in [5.41, 5.74) is 0.169. The number of esters is 1. The average Bonchev–Trinajstić information content (AvgIpc) is 2.65. The van der Waals surface area contributed by atoms with E-state index in [9.17, 15) is 18.0 Å². The summed E-state index contributed by atoms with van der Waals surface area (Å²) in [6.45, 7) is 0.631. The lowest BCUT2D eigenvalue weighted by Crippen LogP contribution is -2.35. The van der Waals surface area contributed by atoms with Gasteiger partial charge in [-0.3, -0.25) is 4.79 Å². The van der Waals surface area contributed by atoms with Gasteiger partial charge in [-0.25, -0.2) is 13.2 Å². The fourth-order valence-corrected chi connectivity index (χ4v) is 3.95. The van der Waals surface area contributed by atoms with Crippen LogP contribution in [0.3, 0.4) is 0 Å². The van der Waals surface area contributed by atoms with Gasteiger partial charge < -0.3 is 10.1 Å². The van der Waals surface area contributed by atoms with Crippen LogP contribution >= 0.6 is 0 Å². The lowest BCUT2D eigenvalue weighted by atomic mass is 10.2. The summed E-state index contributed by atoms with van der Waals surface area (Å²) in [5, 5.41) is 2.37. The first kappa shape index (κ1) is 19.0. The molecule has 0 aliphatic carbocycles. The van der Waals surface area contributed by atoms with E-state index >= 15 is 0 Å². The number of rotatable bonds is 6. The molecule has 0 spiro atoms. The summed E-state index contributed by atoms with van der Waals surface area (Å²) in [6.07, 6.45) is 7.74. The number of amides is 1. The van der Waals surface area contributed by atoms with Gasteiger partial charge in [-0.05, 0) is 37.1 Å². The number of benzene rings is 1. The minimum atomic E-state index is -3.54. The van der Waals surface area contributed by atoms with Crippen molar-refractivity contribution in [3.63, 3.8) is 0 Å². The number of piperidine rings is 1. The summed E-state index contributed by atoms with van der Waals surface area (Å²) in [7, 11) is -3.54. The minimum absolute atomic E-state index is 0.0550. The van der Waals surface area contributed by atoms with E-state index in [0.29, 0.717) is 13.1 Å². The van der Waals surface area contributed by atoms with Gasteiger partial charge in [0, 0.05) is 13.1 Å². The second-order valence-corrected chi connectivity index (χ2v) is 7.48. The zero-order valence-electron chi connectivity index (χ0n) is 13.7. The van der Waals surface area contributed by atoms with Crippen molar-refractivity contribution in [2.45, 2.75) is 24.2 Å². The summed E-state index contributed by atoms with van der Waals surface area (Å²) >= 11 is 0. The number of ether oxygens (including phenoxy) is 1. The van der Waals surface area contributed by atoms with Crippen LogP contribution in [0.25, 0.3) is 0 Å². The Morgan fingerprint density at radius 1 is 1.16 bits per heavy atom. The molecule has 8 heteroatoms. The predicted octanol–water partition coefficient (Wildman–Crippen LogP) is 0.767. The fourth-order valence-electron chi connectivity index (χ4n) is 2.43. The predicted molar refractivity (Wildman–Crippen MR) is 91.2 cm³/mol. The molecule has 1 heterocycles. The molecule has 0 bridgehead atoms. The van der Waals surface area contributed by atoms with E-state index in [1.165, 1.54) is 28.6 Å². The number of carbonyl (C=O) groups is 2. The highest BCUT2D eigenvalue weighted by atomic mass is 32.2. The van der Waals surface area contributed by atoms with Crippen LogP contribution in [0.4, 0.5) is 0 Å². The van der Waals surface area contributed by atoms with Gasteiger partial charge in [-0.1, -0.05) is 12.3 Å². The lowest BCUT2D eigenvalue weighted by Gasteiger charge is -2.25. The second kappa shape index (κ2) is 8.65. The maximum Gasteiger partial charge on any atom is 0.338 e. The lowest BCUT2D eigenvalue weighted by molar-refractivity contribution is -0.123. The normalized spacial score (nSPS) is 15.2. The van der Waals surface area contributed by atoms with E-state index in [-0.39, 0.29) is 17.0 Å². The van der Waals surface area contributed by atoms with E-state index in [0.717, 1.165) is 19.3 Å². The number of terminal acetylenes is 1. The Kier molecular flexibility index (Phi) is 6.56. The summed E-state index contributed by atoms with van der Waals surface area (Å²) in [4.78, 5) is 23.3. The standard InChI is InChI=1S/C17H20N2O5S/c1-2-10-18-16(20)13-24-17(21)14-6-8-15(9-7-14)25(22,23)19-11-4-3-5-12-19/h1,6-9H,3-5,10-13H2,(H,18,20). The maximum absolute atomic E-state index is 12.5. The molecular weight excluding hydrogens is 344 g/mol. The third-order valence-corrected chi connectivity index (χ3v) is 5.68. The first-order valence-electron chi connectivity index (χ1n) is 7.92. The van der Waals surface area contributed by atoms with Crippen molar-refractivity contribution in [1.82, 2.24) is 9.62 Å². The van der Waals surface area contributed by atoms with Crippen LogP contribution in [0.1, 0.15) is 29.6 Å². The highest BCUT2D eigenvalue weighted by Crippen LogP contribution is 2.21. The van der Waals surface area contributed by atoms with E-state index in [2.05, 4.69) is 11.2 Å². The van der Waals surface area contributed by atoms with Crippen molar-refractivity contribution < 1.29 is 22.7 Å². The molecule has 1 aliphatic heterocycles. The minimum Gasteiger partial charge on any atom is -0.452 e. The molecule has 1 N–H and O–H groups in total. The quantitative estimate of drug-likeness (QED) is 0.594. The van der Waals surface area contributed by atoms with E-state index in [1.807, 2.05) is 0 Å². The molecule has 0 atom stereocenters. The number of sulfonamides is 1. The van der Waals surface area contributed by atoms with Gasteiger partial charge in [-0.2, -0.15) is 4.31 Å². The number of hydrogen-bond acceptors (Lipinski definition) is 5. The first-order valence-corrected chi connectivity index (χ1v) is 9.36. The topological polar surface area (TPSA) is 92.8 Å². The monoisotopic (exact) mass is 364 g/mol. The molecule has 0 unspecified atom stereocenters. The Hall–Kier alpha value is -2.37. The van der Waals surface area contributed by atoms with E-state index in [4.69, 9.17) is 11.2 Å². The summed E-state index contributed by atoms with van der Waals surface area (Å²) in [5.74, 6) is 1.02. The van der Waals surface area contributed by atoms with Crippen LogP contribution < -0.4 is 5.32 Å². The molecule has 7 nitrogen and oxygen atoms in total. The number of nitrogens with one attached hydrogen (secondary N) is 1. The van der Waals surface area contributed by atoms with Crippen molar-refractivity contribution in [3.8, 4) is 12.3 Å². The van der Waals surface area contributed by atoms with Crippen LogP contribution in [0.15, 0.2) is 29.2 Å². The maximum atomic E-state index is 12.5. The van der Waals surface area contributed by atoms with Gasteiger partial charge in [0.25, 0.3) is 5.91 Å². The molecule has 1 aromatic carbocycles. The molecule has 1 amide bonds. The van der Waals surface area contributed by atoms with E-state index < -0.39 is 28.5 Å². The fraction of sp³-hybridized carbons (Fsp3) is 0.412. The largest absolute Gasteiger partial charge is 0.452 e. The zero-order chi connectivity index (χ0) is 18.3. The van der Waals surface area contributed by atoms with Crippen molar-refractivity contribution >= 4 is 21.9 Å². The number of hydrogen-bond donors (Lipinski definition) is 1. The van der Waals surface area contributed by atoms with Gasteiger partial charge >= 0.3 is 5.97 Å². The first-order chi connectivity index (χ1) is 11.9. The molecule has 0 aromatic heterocycles. The van der Waals surface area contributed by atoms with Crippen LogP contribution in [-0.4, -0.2) is 50.8 Å². The van der Waals surface area contributed by atoms with Gasteiger partial charge in [0.15, 0.2) is 6.61 Å². The molecule has 0 saturated carbocycles. The summed E-state index contributed by atoms with van der Waals surface area (Å²) in [6, 6.07) is 5.49. The highest BCUT2D eigenvalue weighted by molar-refractivity contribution is 7.89. The highest BCUT2D eigenvalue weighted by Gasteiger charge is 2.26. The molecule has 1 aromatic rings. The van der Waals surface area contributed by atoms with Gasteiger partial charge in [-0.15, -0.1) is 6.42 Å². The van der Waals surface area contributed by atoms with Crippen LogP contribution in [0.5, 0.6) is 0 Å². The molecule has 1 saturated heterocycles. The Bertz CT molecular complexity index is 759. The van der Waals surface area contributed by atoms with Gasteiger partial charge in [0.1, 0.15) is 0 Å². The Morgan fingerprint density at radius 3 is 2.40 bits per heavy atom. The molecule has 25 heavy (non-hydrogen) atoms. The molecule has 134 valence electrons. The Balaban J connectivity index is 1.98. The SMILES string of the molecule is C#CCNC(=O)COC(=O)c1ccc(S(=O)(=O)N2CCCCC2)cc1. The van der Waals surface area contributed by atoms with Gasteiger partial charge in [0.05, 0.1) is 17.0 Å². The average molecular weight is 364 g/mol. The third-order valence-electron chi connectivity index (χ3n) is 3.76. The second-order valence-electron chi connectivity index (χ2n) is 5.55. The number of carbonyl (C=O) groups excluding carboxylic acids is 2. The van der Waals surface area contributed by atoms with Crippen molar-refractivity contribution in [1.29, 1.82) is 0 Å². The molecular formula is C17H20N2O5S.